The summed E-state index contributed by atoms with van der Waals surface area (Å²) in [5, 5.41) is 3.56. The Bertz CT molecular complexity index is 3620. The molecule has 4 nitrogen and oxygen atoms in total. The Morgan fingerprint density at radius 3 is 1.55 bits per heavy atom. The van der Waals surface area contributed by atoms with Crippen LogP contribution in [0.4, 0.5) is 0 Å². The molecule has 3 heterocycles. The van der Waals surface area contributed by atoms with Crippen LogP contribution in [0.5, 0.6) is 0 Å². The maximum Gasteiger partial charge on any atom is 0.160 e. The van der Waals surface area contributed by atoms with Crippen molar-refractivity contribution in [2.45, 2.75) is 0 Å². The van der Waals surface area contributed by atoms with Gasteiger partial charge in [-0.25, -0.2) is 9.97 Å². The SMILES string of the molecule is c1ccc(-c2cccc(-n3c4ccccc4c4c(-c5cccc(-c6cccc(-c7nc(-c8ccccc8)c8c(n7)c7ccccc7n8-c7ccccc7)c6)c5)cccc43)c2)cc1. The molecule has 0 N–H and O–H groups in total. The first-order chi connectivity index (χ1) is 30.8. The van der Waals surface area contributed by atoms with Crippen LogP contribution in [0.25, 0.3) is 111 Å². The Kier molecular flexibility index (Phi) is 8.46. The average molecular weight is 791 g/mol. The number of rotatable bonds is 7. The van der Waals surface area contributed by atoms with Gasteiger partial charge in [-0.2, -0.15) is 0 Å². The Morgan fingerprint density at radius 2 is 0.806 bits per heavy atom. The molecule has 0 spiro atoms. The summed E-state index contributed by atoms with van der Waals surface area (Å²) in [5.41, 5.74) is 17.5. The highest BCUT2D eigenvalue weighted by atomic mass is 15.0. The second kappa shape index (κ2) is 14.7. The molecule has 12 aromatic rings. The van der Waals surface area contributed by atoms with Crippen LogP contribution in [0.15, 0.2) is 231 Å². The van der Waals surface area contributed by atoms with Gasteiger partial charge in [-0.3, -0.25) is 0 Å². The highest BCUT2D eigenvalue weighted by Gasteiger charge is 2.22. The molecule has 0 atom stereocenters. The van der Waals surface area contributed by atoms with Crippen LogP contribution in [0.1, 0.15) is 0 Å². The Labute approximate surface area is 359 Å². The molecular formula is C58H38N4. The van der Waals surface area contributed by atoms with Gasteiger partial charge in [0.1, 0.15) is 5.52 Å². The van der Waals surface area contributed by atoms with Crippen LogP contribution in [0.3, 0.4) is 0 Å². The number of aromatic nitrogens is 4. The summed E-state index contributed by atoms with van der Waals surface area (Å²) in [6.45, 7) is 0. The van der Waals surface area contributed by atoms with Gasteiger partial charge in [0.2, 0.25) is 0 Å². The van der Waals surface area contributed by atoms with Crippen molar-refractivity contribution in [2.24, 2.45) is 0 Å². The van der Waals surface area contributed by atoms with Crippen molar-refractivity contribution >= 4 is 43.7 Å². The molecule has 9 aromatic carbocycles. The van der Waals surface area contributed by atoms with E-state index in [1.165, 1.54) is 38.5 Å². The van der Waals surface area contributed by atoms with Crippen molar-refractivity contribution in [3.63, 3.8) is 0 Å². The van der Waals surface area contributed by atoms with Gasteiger partial charge in [0.15, 0.2) is 5.82 Å². The molecule has 62 heavy (non-hydrogen) atoms. The quantitative estimate of drug-likeness (QED) is 0.161. The van der Waals surface area contributed by atoms with E-state index >= 15 is 0 Å². The average Bonchev–Trinajstić information content (AvgIpc) is 3.88. The molecule has 0 saturated heterocycles. The van der Waals surface area contributed by atoms with Gasteiger partial charge in [-0.15, -0.1) is 0 Å². The second-order valence-electron chi connectivity index (χ2n) is 15.8. The molecule has 3 aromatic heterocycles. The minimum absolute atomic E-state index is 0.694. The van der Waals surface area contributed by atoms with Crippen LogP contribution in [0, 0.1) is 0 Å². The lowest BCUT2D eigenvalue weighted by atomic mass is 9.95. The van der Waals surface area contributed by atoms with Gasteiger partial charge < -0.3 is 9.13 Å². The molecular weight excluding hydrogens is 753 g/mol. The summed E-state index contributed by atoms with van der Waals surface area (Å²) in [5.74, 6) is 0.694. The smallest absolute Gasteiger partial charge is 0.160 e. The largest absolute Gasteiger partial charge is 0.309 e. The molecule has 0 fully saturated rings. The zero-order chi connectivity index (χ0) is 41.0. The fourth-order valence-electron chi connectivity index (χ4n) is 9.31. The van der Waals surface area contributed by atoms with Crippen molar-refractivity contribution in [2.75, 3.05) is 0 Å². The summed E-state index contributed by atoms with van der Waals surface area (Å²) < 4.78 is 4.71. The molecule has 0 aliphatic rings. The highest BCUT2D eigenvalue weighted by Crippen LogP contribution is 2.41. The lowest BCUT2D eigenvalue weighted by Gasteiger charge is -2.13. The van der Waals surface area contributed by atoms with Crippen LogP contribution in [0.2, 0.25) is 0 Å². The second-order valence-corrected chi connectivity index (χ2v) is 15.8. The zero-order valence-electron chi connectivity index (χ0n) is 33.7. The van der Waals surface area contributed by atoms with E-state index in [-0.39, 0.29) is 0 Å². The lowest BCUT2D eigenvalue weighted by molar-refractivity contribution is 1.15. The molecule has 0 bridgehead atoms. The summed E-state index contributed by atoms with van der Waals surface area (Å²) in [7, 11) is 0. The fraction of sp³-hybridized carbons (Fsp3) is 0. The van der Waals surface area contributed by atoms with E-state index in [1.54, 1.807) is 0 Å². The first kappa shape index (κ1) is 35.6. The van der Waals surface area contributed by atoms with Crippen molar-refractivity contribution in [1.82, 2.24) is 19.1 Å². The third kappa shape index (κ3) is 5.92. The highest BCUT2D eigenvalue weighted by molar-refractivity contribution is 6.16. The number of fused-ring (bicyclic) bond motifs is 6. The maximum absolute atomic E-state index is 5.40. The standard InChI is InChI=1S/C58H38N4/c1-4-18-39(19-5-1)43-24-16-29-47(38-43)61-51-33-12-10-30-49(51)54-48(32-17-35-53(54)61)44-25-14-22-41(36-44)42-23-15-26-45(37-42)58-59-55(40-20-6-2-7-21-40)57-56(60-58)50-31-11-13-34-52(50)62(57)46-27-8-3-9-28-46/h1-38H. The van der Waals surface area contributed by atoms with Gasteiger partial charge >= 0.3 is 0 Å². The fourth-order valence-corrected chi connectivity index (χ4v) is 9.31. The summed E-state index contributed by atoms with van der Waals surface area (Å²) in [6, 6.07) is 82.1. The van der Waals surface area contributed by atoms with Gasteiger partial charge in [-0.1, -0.05) is 176 Å². The molecule has 0 amide bonds. The van der Waals surface area contributed by atoms with E-state index in [4.69, 9.17) is 9.97 Å². The van der Waals surface area contributed by atoms with Crippen molar-refractivity contribution in [1.29, 1.82) is 0 Å². The Balaban J connectivity index is 0.994. The van der Waals surface area contributed by atoms with Crippen molar-refractivity contribution in [3.8, 4) is 67.4 Å². The molecule has 290 valence electrons. The number of nitrogens with zero attached hydrogens (tertiary/aromatic N) is 4. The van der Waals surface area contributed by atoms with Crippen LogP contribution in [-0.2, 0) is 0 Å². The summed E-state index contributed by atoms with van der Waals surface area (Å²) in [4.78, 5) is 10.8. The molecule has 0 radical (unpaired) electrons. The van der Waals surface area contributed by atoms with E-state index in [0.717, 1.165) is 66.8 Å². The Morgan fingerprint density at radius 1 is 0.306 bits per heavy atom. The van der Waals surface area contributed by atoms with Gasteiger partial charge in [0.05, 0.1) is 27.8 Å². The van der Waals surface area contributed by atoms with E-state index < -0.39 is 0 Å². The van der Waals surface area contributed by atoms with E-state index in [9.17, 15) is 0 Å². The van der Waals surface area contributed by atoms with Crippen molar-refractivity contribution in [3.05, 3.63) is 231 Å². The first-order valence-electron chi connectivity index (χ1n) is 21.1. The third-order valence-electron chi connectivity index (χ3n) is 12.1. The number of hydrogen-bond donors (Lipinski definition) is 0. The van der Waals surface area contributed by atoms with Gasteiger partial charge in [-0.05, 0) is 88.0 Å². The topological polar surface area (TPSA) is 35.6 Å². The lowest BCUT2D eigenvalue weighted by Crippen LogP contribution is -1.99. The maximum atomic E-state index is 5.40. The molecule has 0 unspecified atom stereocenters. The molecule has 12 rings (SSSR count). The molecule has 4 heteroatoms. The summed E-state index contributed by atoms with van der Waals surface area (Å²) >= 11 is 0. The predicted octanol–water partition coefficient (Wildman–Crippen LogP) is 15.0. The van der Waals surface area contributed by atoms with E-state index in [1.807, 2.05) is 0 Å². The van der Waals surface area contributed by atoms with Gasteiger partial charge in [0.25, 0.3) is 0 Å². The van der Waals surface area contributed by atoms with E-state index in [0.29, 0.717) is 5.82 Å². The predicted molar refractivity (Wildman–Crippen MR) is 258 cm³/mol. The van der Waals surface area contributed by atoms with Crippen molar-refractivity contribution < 1.29 is 0 Å². The molecule has 0 saturated carbocycles. The third-order valence-corrected chi connectivity index (χ3v) is 12.1. The summed E-state index contributed by atoms with van der Waals surface area (Å²) in [6.07, 6.45) is 0. The van der Waals surface area contributed by atoms with Crippen LogP contribution < -0.4 is 0 Å². The first-order valence-corrected chi connectivity index (χ1v) is 21.1. The van der Waals surface area contributed by atoms with Gasteiger partial charge in [0, 0.05) is 38.7 Å². The minimum Gasteiger partial charge on any atom is -0.309 e. The molecule has 0 aliphatic heterocycles. The van der Waals surface area contributed by atoms with E-state index in [2.05, 4.69) is 240 Å². The normalized spacial score (nSPS) is 11.5. The monoisotopic (exact) mass is 790 g/mol. The minimum atomic E-state index is 0.694. The molecule has 0 aliphatic carbocycles. The number of benzene rings is 9. The van der Waals surface area contributed by atoms with Crippen LogP contribution in [-0.4, -0.2) is 19.1 Å². The number of hydrogen-bond acceptors (Lipinski definition) is 2. The zero-order valence-corrected chi connectivity index (χ0v) is 33.7. The number of para-hydroxylation sites is 3. The Hall–Kier alpha value is -8.34. The van der Waals surface area contributed by atoms with Crippen LogP contribution >= 0.6 is 0 Å².